The highest BCUT2D eigenvalue weighted by Gasteiger charge is 2.44. The van der Waals surface area contributed by atoms with Crippen molar-refractivity contribution in [3.05, 3.63) is 79.5 Å². The molecule has 6 rings (SSSR count). The summed E-state index contributed by atoms with van der Waals surface area (Å²) in [6.45, 7) is 11.4. The maximum atomic E-state index is 15.6. The maximum absolute atomic E-state index is 15.6. The Morgan fingerprint density at radius 3 is 2.54 bits per heavy atom. The van der Waals surface area contributed by atoms with Gasteiger partial charge in [0, 0.05) is 24.2 Å². The number of benzene rings is 1. The van der Waals surface area contributed by atoms with Gasteiger partial charge in [-0.05, 0) is 49.6 Å². The number of nitrogen functional groups attached to an aromatic ring is 1. The molecular formula is C32H29Cl3FN7O3. The fourth-order valence-corrected chi connectivity index (χ4v) is 6.97. The Labute approximate surface area is 278 Å². The minimum absolute atomic E-state index is 0.00104. The average Bonchev–Trinajstić information content (AvgIpc) is 3.00. The van der Waals surface area contributed by atoms with Gasteiger partial charge < -0.3 is 20.9 Å². The lowest BCUT2D eigenvalue weighted by Gasteiger charge is -2.48. The molecule has 0 saturated carbocycles. The number of hydrogen-bond donors (Lipinski definition) is 2. The molecule has 2 aliphatic rings. The summed E-state index contributed by atoms with van der Waals surface area (Å²) in [7, 11) is 0. The molecule has 4 aromatic rings. The summed E-state index contributed by atoms with van der Waals surface area (Å²) in [5, 5.41) is 2.91. The van der Waals surface area contributed by atoms with E-state index in [4.69, 9.17) is 45.5 Å². The van der Waals surface area contributed by atoms with Gasteiger partial charge in [0.25, 0.3) is 5.56 Å². The van der Waals surface area contributed by atoms with Crippen LogP contribution < -0.4 is 21.5 Å². The second kappa shape index (κ2) is 11.6. The van der Waals surface area contributed by atoms with E-state index in [1.807, 2.05) is 27.7 Å². The summed E-state index contributed by atoms with van der Waals surface area (Å²) < 4.78 is 17.0. The summed E-state index contributed by atoms with van der Waals surface area (Å²) in [5.41, 5.74) is 7.51. The van der Waals surface area contributed by atoms with Crippen molar-refractivity contribution in [3.8, 4) is 16.9 Å². The van der Waals surface area contributed by atoms with E-state index in [1.165, 1.54) is 16.7 Å². The summed E-state index contributed by atoms with van der Waals surface area (Å²) >= 11 is 19.3. The van der Waals surface area contributed by atoms with Crippen LogP contribution in [0, 0.1) is 12.7 Å². The Balaban J connectivity index is 1.75. The number of piperazine rings is 1. The van der Waals surface area contributed by atoms with E-state index >= 15 is 4.39 Å². The number of nitrogens with zero attached hydrogens (tertiary/aromatic N) is 5. The third kappa shape index (κ3) is 4.80. The van der Waals surface area contributed by atoms with E-state index in [1.54, 1.807) is 28.1 Å². The number of carbonyl (C=O) groups is 2. The number of aromatic nitrogens is 3. The zero-order chi connectivity index (χ0) is 33.4. The number of nitrogens with two attached hydrogens (primary N) is 1. The molecular weight excluding hydrogens is 656 g/mol. The second-order valence-electron chi connectivity index (χ2n) is 11.7. The fraction of sp³-hybridized carbons (Fsp3) is 0.281. The molecule has 10 nitrogen and oxygen atoms in total. The number of nitrogens with one attached hydrogen (secondary N) is 1. The van der Waals surface area contributed by atoms with Crippen LogP contribution in [0.25, 0.3) is 28.0 Å². The van der Waals surface area contributed by atoms with Crippen LogP contribution in [0.5, 0.6) is 0 Å². The Morgan fingerprint density at radius 2 is 1.87 bits per heavy atom. The zero-order valence-corrected chi connectivity index (χ0v) is 27.6. The van der Waals surface area contributed by atoms with Gasteiger partial charge >= 0.3 is 0 Å². The average molecular weight is 685 g/mol. The number of hydrogen-bond acceptors (Lipinski definition) is 7. The van der Waals surface area contributed by atoms with Gasteiger partial charge in [-0.2, -0.15) is 0 Å². The number of rotatable bonds is 4. The quantitative estimate of drug-likeness (QED) is 0.151. The number of halogens is 4. The second-order valence-corrected chi connectivity index (χ2v) is 12.9. The van der Waals surface area contributed by atoms with Gasteiger partial charge in [-0.1, -0.05) is 55.2 Å². The minimum atomic E-state index is -0.881. The first-order valence-electron chi connectivity index (χ1n) is 14.5. The molecule has 1 fully saturated rings. The van der Waals surface area contributed by atoms with Crippen LogP contribution in [0.2, 0.25) is 15.1 Å². The number of anilines is 3. The van der Waals surface area contributed by atoms with Crippen molar-refractivity contribution >= 4 is 74.7 Å². The van der Waals surface area contributed by atoms with Gasteiger partial charge in [-0.3, -0.25) is 23.9 Å². The molecule has 1 aromatic carbocycles. The molecule has 14 heteroatoms. The molecule has 0 spiro atoms. The van der Waals surface area contributed by atoms with Gasteiger partial charge in [0.1, 0.15) is 11.7 Å². The molecule has 2 unspecified atom stereocenters. The molecule has 0 radical (unpaired) electrons. The van der Waals surface area contributed by atoms with E-state index in [-0.39, 0.29) is 74.3 Å². The van der Waals surface area contributed by atoms with Crippen molar-refractivity contribution in [2.45, 2.75) is 45.7 Å². The number of carbonyl (C=O) groups excluding carboxylic acids is 2. The highest BCUT2D eigenvalue weighted by molar-refractivity contribution is 6.38. The van der Waals surface area contributed by atoms with Crippen molar-refractivity contribution in [2.75, 3.05) is 29.0 Å². The van der Waals surface area contributed by atoms with Crippen LogP contribution >= 0.6 is 34.8 Å². The smallest absolute Gasteiger partial charge is 0.282 e. The molecule has 46 heavy (non-hydrogen) atoms. The van der Waals surface area contributed by atoms with Crippen molar-refractivity contribution < 1.29 is 14.0 Å². The molecule has 5 heterocycles. The van der Waals surface area contributed by atoms with Crippen molar-refractivity contribution in [3.63, 3.8) is 0 Å². The van der Waals surface area contributed by atoms with Gasteiger partial charge in [0.15, 0.2) is 11.5 Å². The topological polar surface area (TPSA) is 126 Å². The first-order chi connectivity index (χ1) is 21.8. The van der Waals surface area contributed by atoms with Gasteiger partial charge in [0.2, 0.25) is 11.8 Å². The molecule has 2 atom stereocenters. The van der Waals surface area contributed by atoms with Gasteiger partial charge in [-0.15, -0.1) is 0 Å². The summed E-state index contributed by atoms with van der Waals surface area (Å²) in [5.74, 6) is -1.76. The monoisotopic (exact) mass is 683 g/mol. The van der Waals surface area contributed by atoms with Crippen LogP contribution in [-0.2, 0) is 9.59 Å². The summed E-state index contributed by atoms with van der Waals surface area (Å²) in [6, 6.07) is 3.35. The standard InChI is InChI=1S/C32H29Cl3FN7O3/c1-6-21(44)41-12-20-31(45)40-27-29(42(20)11-15(41)5)16-9-19(35)26(22-23(36)17(33)10-18(34)24(22)37)39-30(16)43(32(27)46)28-14(4)7-8-38-25(28)13(2)3/h6-10,13,15,20H,1,11-12,37H2,2-5H3,(H,40,45). The first-order valence-corrected chi connectivity index (χ1v) is 15.6. The highest BCUT2D eigenvalue weighted by atomic mass is 35.5. The predicted molar refractivity (Wildman–Crippen MR) is 180 cm³/mol. The fourth-order valence-electron chi connectivity index (χ4n) is 6.27. The van der Waals surface area contributed by atoms with Gasteiger partial charge in [-0.25, -0.2) is 9.37 Å². The van der Waals surface area contributed by atoms with E-state index in [2.05, 4.69) is 16.9 Å². The highest BCUT2D eigenvalue weighted by Crippen LogP contribution is 2.45. The van der Waals surface area contributed by atoms with Crippen LogP contribution in [0.4, 0.5) is 21.5 Å². The Bertz CT molecular complexity index is 2040. The van der Waals surface area contributed by atoms with Crippen LogP contribution in [0.15, 0.2) is 41.8 Å². The van der Waals surface area contributed by atoms with E-state index in [0.29, 0.717) is 28.0 Å². The predicted octanol–water partition coefficient (Wildman–Crippen LogP) is 6.10. The molecule has 238 valence electrons. The number of aryl methyl sites for hydroxylation is 1. The Hall–Kier alpha value is -4.19. The normalized spacial score (nSPS) is 17.6. The summed E-state index contributed by atoms with van der Waals surface area (Å²) in [6.07, 6.45) is 2.85. The molecule has 3 N–H and O–H groups in total. The lowest BCUT2D eigenvalue weighted by atomic mass is 9.98. The number of amides is 2. The molecule has 0 bridgehead atoms. The Kier molecular flexibility index (Phi) is 7.98. The molecule has 1 saturated heterocycles. The Morgan fingerprint density at radius 1 is 1.15 bits per heavy atom. The van der Waals surface area contributed by atoms with Crippen molar-refractivity contribution in [2.24, 2.45) is 0 Å². The van der Waals surface area contributed by atoms with Gasteiger partial charge in [0.05, 0.1) is 55.6 Å². The zero-order valence-electron chi connectivity index (χ0n) is 25.3. The summed E-state index contributed by atoms with van der Waals surface area (Å²) in [4.78, 5) is 53.6. The third-order valence-corrected chi connectivity index (χ3v) is 9.36. The minimum Gasteiger partial charge on any atom is -0.397 e. The SMILES string of the molecule is C=CC(=O)N1CC2C(=O)Nc3c(c4cc(Cl)c(-c5c(N)c(Cl)cc(Cl)c5F)nc4n(-c4c(C)ccnc4C(C)C)c3=O)N2CC1C. The molecule has 0 aliphatic carbocycles. The lowest BCUT2D eigenvalue weighted by Crippen LogP contribution is -2.64. The molecule has 2 aliphatic heterocycles. The largest absolute Gasteiger partial charge is 0.397 e. The van der Waals surface area contributed by atoms with Crippen LogP contribution in [0.1, 0.15) is 37.9 Å². The van der Waals surface area contributed by atoms with E-state index in [9.17, 15) is 14.4 Å². The van der Waals surface area contributed by atoms with Crippen molar-refractivity contribution in [1.82, 2.24) is 19.4 Å². The van der Waals surface area contributed by atoms with E-state index < -0.39 is 23.3 Å². The first kappa shape index (κ1) is 31.8. The number of pyridine rings is 3. The lowest BCUT2D eigenvalue weighted by molar-refractivity contribution is -0.130. The third-order valence-electron chi connectivity index (χ3n) is 8.48. The van der Waals surface area contributed by atoms with E-state index in [0.717, 1.165) is 0 Å². The maximum Gasteiger partial charge on any atom is 0.282 e. The van der Waals surface area contributed by atoms with Crippen LogP contribution in [-0.4, -0.2) is 56.4 Å². The van der Waals surface area contributed by atoms with Crippen molar-refractivity contribution in [1.29, 1.82) is 0 Å². The van der Waals surface area contributed by atoms with Crippen LogP contribution in [0.3, 0.4) is 0 Å². The molecule has 2 amide bonds. The molecule has 3 aromatic heterocycles. The number of fused-ring (bicyclic) bond motifs is 5.